The molecule has 5 nitrogen and oxygen atoms in total. The molecule has 1 aromatic carbocycles. The summed E-state index contributed by atoms with van der Waals surface area (Å²) in [7, 11) is 0. The Labute approximate surface area is 113 Å². The summed E-state index contributed by atoms with van der Waals surface area (Å²) in [5.41, 5.74) is -1.26. The quantitative estimate of drug-likeness (QED) is 0.720. The molecule has 1 rings (SSSR count). The van der Waals surface area contributed by atoms with E-state index in [2.05, 4.69) is 5.32 Å². The molecule has 0 bridgehead atoms. The van der Waals surface area contributed by atoms with Gasteiger partial charge < -0.3 is 14.9 Å². The van der Waals surface area contributed by atoms with Gasteiger partial charge in [0.15, 0.2) is 0 Å². The zero-order valence-corrected chi connectivity index (χ0v) is 11.9. The van der Waals surface area contributed by atoms with Gasteiger partial charge in [-0.3, -0.25) is 5.32 Å². The van der Waals surface area contributed by atoms with Crippen molar-refractivity contribution in [3.63, 3.8) is 0 Å². The van der Waals surface area contributed by atoms with Crippen molar-refractivity contribution < 1.29 is 19.7 Å². The summed E-state index contributed by atoms with van der Waals surface area (Å²) < 4.78 is 5.12. The van der Waals surface area contributed by atoms with Crippen LogP contribution in [0.15, 0.2) is 18.2 Å². The third-order valence-corrected chi connectivity index (χ3v) is 2.33. The van der Waals surface area contributed by atoms with E-state index in [4.69, 9.17) is 4.74 Å². The molecular weight excluding hydrogens is 246 g/mol. The molecule has 0 heterocycles. The van der Waals surface area contributed by atoms with Gasteiger partial charge in [0, 0.05) is 5.56 Å². The molecule has 0 saturated heterocycles. The van der Waals surface area contributed by atoms with Crippen molar-refractivity contribution in [3.8, 4) is 5.75 Å². The highest BCUT2D eigenvalue weighted by molar-refractivity contribution is 5.88. The summed E-state index contributed by atoms with van der Waals surface area (Å²) in [5, 5.41) is 22.3. The molecule has 0 radical (unpaired) electrons. The number of hydrogen-bond acceptors (Lipinski definition) is 4. The fourth-order valence-corrected chi connectivity index (χ4v) is 1.59. The number of para-hydroxylation sites is 1. The second kappa shape index (κ2) is 5.09. The van der Waals surface area contributed by atoms with Crippen molar-refractivity contribution in [2.75, 3.05) is 5.32 Å². The number of rotatable bonds is 2. The van der Waals surface area contributed by atoms with Gasteiger partial charge in [-0.05, 0) is 40.7 Å². The molecule has 0 aliphatic carbocycles. The second-order valence-corrected chi connectivity index (χ2v) is 5.89. The number of phenolic OH excluding ortho intramolecular Hbond substituents is 1. The summed E-state index contributed by atoms with van der Waals surface area (Å²) in [6.45, 7) is 8.38. The number of phenols is 1. The first-order valence-electron chi connectivity index (χ1n) is 6.05. The third-order valence-electron chi connectivity index (χ3n) is 2.33. The largest absolute Gasteiger partial charge is 0.506 e. The van der Waals surface area contributed by atoms with Crippen molar-refractivity contribution in [3.05, 3.63) is 23.8 Å². The Morgan fingerprint density at radius 1 is 1.21 bits per heavy atom. The lowest BCUT2D eigenvalue weighted by Gasteiger charge is -2.24. The van der Waals surface area contributed by atoms with Gasteiger partial charge in [-0.1, -0.05) is 12.1 Å². The minimum atomic E-state index is -1.19. The maximum atomic E-state index is 11.7. The minimum absolute atomic E-state index is 0.120. The highest BCUT2D eigenvalue weighted by Crippen LogP contribution is 2.34. The van der Waals surface area contributed by atoms with E-state index in [-0.39, 0.29) is 11.4 Å². The van der Waals surface area contributed by atoms with E-state index < -0.39 is 17.3 Å². The molecule has 3 N–H and O–H groups in total. The van der Waals surface area contributed by atoms with Gasteiger partial charge in [0.05, 0.1) is 11.3 Å². The molecule has 1 amide bonds. The molecule has 0 spiro atoms. The van der Waals surface area contributed by atoms with E-state index in [1.165, 1.54) is 6.07 Å². The number of nitrogens with one attached hydrogen (secondary N) is 1. The van der Waals surface area contributed by atoms with Crippen molar-refractivity contribution in [2.24, 2.45) is 0 Å². The number of hydrogen-bond donors (Lipinski definition) is 3. The Hall–Kier alpha value is -1.75. The number of aromatic hydroxyl groups is 1. The Kier molecular flexibility index (Phi) is 4.10. The summed E-state index contributed by atoms with van der Waals surface area (Å²) in [4.78, 5) is 11.7. The van der Waals surface area contributed by atoms with Gasteiger partial charge in [0.2, 0.25) is 0 Å². The molecule has 0 saturated carbocycles. The van der Waals surface area contributed by atoms with E-state index >= 15 is 0 Å². The normalized spacial score (nSPS) is 12.1. The molecule has 0 aliphatic rings. The smallest absolute Gasteiger partial charge is 0.412 e. The predicted octanol–water partition coefficient (Wildman–Crippen LogP) is 2.97. The lowest BCUT2D eigenvalue weighted by molar-refractivity contribution is 0.0631. The number of anilines is 1. The topological polar surface area (TPSA) is 78.8 Å². The molecule has 5 heteroatoms. The molecule has 0 fully saturated rings. The number of benzene rings is 1. The van der Waals surface area contributed by atoms with Crippen LogP contribution in [0.4, 0.5) is 10.5 Å². The van der Waals surface area contributed by atoms with E-state index in [1.54, 1.807) is 46.8 Å². The van der Waals surface area contributed by atoms with Crippen molar-refractivity contribution in [2.45, 2.75) is 45.8 Å². The Balaban J connectivity index is 3.04. The van der Waals surface area contributed by atoms with E-state index in [0.717, 1.165) is 0 Å². The summed E-state index contributed by atoms with van der Waals surface area (Å²) >= 11 is 0. The fourth-order valence-electron chi connectivity index (χ4n) is 1.59. The maximum absolute atomic E-state index is 11.7. The van der Waals surface area contributed by atoms with Crippen LogP contribution < -0.4 is 5.32 Å². The van der Waals surface area contributed by atoms with E-state index in [1.807, 2.05) is 0 Å². The fraction of sp³-hybridized carbons (Fsp3) is 0.500. The van der Waals surface area contributed by atoms with Crippen LogP contribution in [0.3, 0.4) is 0 Å². The summed E-state index contributed by atoms with van der Waals surface area (Å²) in [5.74, 6) is -0.120. The van der Waals surface area contributed by atoms with Crippen LogP contribution in [-0.4, -0.2) is 21.9 Å². The van der Waals surface area contributed by atoms with Gasteiger partial charge in [0.1, 0.15) is 11.4 Å². The lowest BCUT2D eigenvalue weighted by Crippen LogP contribution is -2.28. The second-order valence-electron chi connectivity index (χ2n) is 5.89. The Morgan fingerprint density at radius 2 is 1.79 bits per heavy atom. The molecule has 0 unspecified atom stereocenters. The van der Waals surface area contributed by atoms with Crippen molar-refractivity contribution in [1.82, 2.24) is 0 Å². The van der Waals surface area contributed by atoms with E-state index in [9.17, 15) is 15.0 Å². The maximum Gasteiger partial charge on any atom is 0.412 e. The first-order valence-corrected chi connectivity index (χ1v) is 6.05. The summed E-state index contributed by atoms with van der Waals surface area (Å²) in [6, 6.07) is 4.66. The third kappa shape index (κ3) is 4.44. The van der Waals surface area contributed by atoms with E-state index in [0.29, 0.717) is 5.56 Å². The van der Waals surface area contributed by atoms with Crippen LogP contribution in [-0.2, 0) is 10.3 Å². The average molecular weight is 267 g/mol. The predicted molar refractivity (Wildman–Crippen MR) is 73.2 cm³/mol. The lowest BCUT2D eigenvalue weighted by atomic mass is 9.96. The Bertz CT molecular complexity index is 469. The molecular formula is C14H21NO4. The number of carbonyl (C=O) groups is 1. The highest BCUT2D eigenvalue weighted by Gasteiger charge is 2.25. The van der Waals surface area contributed by atoms with Crippen LogP contribution >= 0.6 is 0 Å². The van der Waals surface area contributed by atoms with Crippen LogP contribution in [0.25, 0.3) is 0 Å². The monoisotopic (exact) mass is 267 g/mol. The van der Waals surface area contributed by atoms with Gasteiger partial charge in [-0.2, -0.15) is 0 Å². The average Bonchev–Trinajstić information content (AvgIpc) is 2.16. The zero-order chi connectivity index (χ0) is 14.8. The van der Waals surface area contributed by atoms with Crippen LogP contribution in [0.2, 0.25) is 0 Å². The van der Waals surface area contributed by atoms with Crippen molar-refractivity contribution >= 4 is 11.8 Å². The standard InChI is InChI=1S/C14H21NO4/c1-13(2,3)19-12(17)15-11-9(14(4,5)18)7-6-8-10(11)16/h6-8,16,18H,1-5H3,(H,15,17). The van der Waals surface area contributed by atoms with Crippen LogP contribution in [0.5, 0.6) is 5.75 Å². The van der Waals surface area contributed by atoms with Crippen LogP contribution in [0, 0.1) is 0 Å². The van der Waals surface area contributed by atoms with Crippen LogP contribution in [0.1, 0.15) is 40.2 Å². The van der Waals surface area contributed by atoms with Gasteiger partial charge >= 0.3 is 6.09 Å². The number of ether oxygens (including phenoxy) is 1. The number of carbonyl (C=O) groups excluding carboxylic acids is 1. The number of amides is 1. The Morgan fingerprint density at radius 3 is 2.26 bits per heavy atom. The SMILES string of the molecule is CC(C)(C)OC(=O)Nc1c(O)cccc1C(C)(C)O. The van der Waals surface area contributed by atoms with Gasteiger partial charge in [-0.25, -0.2) is 4.79 Å². The molecule has 1 aromatic rings. The molecule has 0 aliphatic heterocycles. The van der Waals surface area contributed by atoms with Crippen molar-refractivity contribution in [1.29, 1.82) is 0 Å². The molecule has 0 aromatic heterocycles. The zero-order valence-electron chi connectivity index (χ0n) is 11.9. The first kappa shape index (κ1) is 15.3. The number of aliphatic hydroxyl groups is 1. The molecule has 0 atom stereocenters. The summed E-state index contributed by atoms with van der Waals surface area (Å²) in [6.07, 6.45) is -0.681. The van der Waals surface area contributed by atoms with Gasteiger partial charge in [-0.15, -0.1) is 0 Å². The molecule has 19 heavy (non-hydrogen) atoms. The van der Waals surface area contributed by atoms with Gasteiger partial charge in [0.25, 0.3) is 0 Å². The first-order chi connectivity index (χ1) is 8.50. The highest BCUT2D eigenvalue weighted by atomic mass is 16.6. The minimum Gasteiger partial charge on any atom is -0.506 e. The molecule has 106 valence electrons.